The van der Waals surface area contributed by atoms with Crippen LogP contribution in [0, 0.1) is 5.92 Å². The van der Waals surface area contributed by atoms with E-state index in [0.717, 1.165) is 30.7 Å². The zero-order chi connectivity index (χ0) is 22.9. The van der Waals surface area contributed by atoms with Crippen LogP contribution < -0.4 is 10.1 Å². The maximum Gasteiger partial charge on any atom is 0.325 e. The first-order chi connectivity index (χ1) is 15.3. The van der Waals surface area contributed by atoms with Crippen molar-refractivity contribution < 1.29 is 28.5 Å². The van der Waals surface area contributed by atoms with E-state index >= 15 is 0 Å². The summed E-state index contributed by atoms with van der Waals surface area (Å²) in [6.07, 6.45) is 4.19. The summed E-state index contributed by atoms with van der Waals surface area (Å²) in [7, 11) is 3.31. The number of esters is 1. The molecule has 0 radical (unpaired) electrons. The van der Waals surface area contributed by atoms with E-state index in [2.05, 4.69) is 32.2 Å². The van der Waals surface area contributed by atoms with Crippen molar-refractivity contribution in [2.24, 2.45) is 5.92 Å². The largest absolute Gasteiger partial charge is 0.497 e. The average Bonchev–Trinajstić information content (AvgIpc) is 3.69. The number of rotatable bonds is 9. The first-order valence-corrected chi connectivity index (χ1v) is 11.4. The van der Waals surface area contributed by atoms with Crippen molar-refractivity contribution >= 4 is 11.7 Å². The van der Waals surface area contributed by atoms with Crippen LogP contribution in [0.3, 0.4) is 0 Å². The molecule has 0 unspecified atom stereocenters. The molecule has 0 aromatic heterocycles. The molecule has 7 nitrogen and oxygen atoms in total. The summed E-state index contributed by atoms with van der Waals surface area (Å²) in [4.78, 5) is 12.6. The molecular weight excluding hydrogens is 410 g/mol. The van der Waals surface area contributed by atoms with Gasteiger partial charge in [0.2, 0.25) is 0 Å². The van der Waals surface area contributed by atoms with Crippen molar-refractivity contribution in [1.82, 2.24) is 0 Å². The minimum atomic E-state index is -0.338. The van der Waals surface area contributed by atoms with Gasteiger partial charge in [0.25, 0.3) is 0 Å². The quantitative estimate of drug-likeness (QED) is 0.352. The zero-order valence-electron chi connectivity index (χ0n) is 19.7. The van der Waals surface area contributed by atoms with Crippen LogP contribution in [-0.2, 0) is 23.7 Å². The highest BCUT2D eigenvalue weighted by Crippen LogP contribution is 2.59. The minimum absolute atomic E-state index is 0.0247. The Bertz CT molecular complexity index is 844. The van der Waals surface area contributed by atoms with Gasteiger partial charge in [-0.2, -0.15) is 0 Å². The summed E-state index contributed by atoms with van der Waals surface area (Å²) < 4.78 is 29.2. The lowest BCUT2D eigenvalue weighted by Gasteiger charge is -2.42. The molecular formula is C25H35NO6. The van der Waals surface area contributed by atoms with E-state index in [0.29, 0.717) is 6.61 Å². The van der Waals surface area contributed by atoms with Gasteiger partial charge in [-0.05, 0) is 64.3 Å². The number of epoxide rings is 2. The second kappa shape index (κ2) is 9.04. The van der Waals surface area contributed by atoms with E-state index in [9.17, 15) is 4.79 Å². The maximum absolute atomic E-state index is 12.6. The van der Waals surface area contributed by atoms with E-state index in [1.54, 1.807) is 14.2 Å². The fraction of sp³-hybridized carbons (Fsp3) is 0.640. The van der Waals surface area contributed by atoms with Gasteiger partial charge >= 0.3 is 5.97 Å². The molecule has 3 aliphatic rings. The van der Waals surface area contributed by atoms with Gasteiger partial charge in [0, 0.05) is 12.8 Å². The molecule has 2 aliphatic heterocycles. The molecule has 1 spiro atoms. The average molecular weight is 446 g/mol. The van der Waals surface area contributed by atoms with Gasteiger partial charge in [-0.15, -0.1) is 0 Å². The van der Waals surface area contributed by atoms with Crippen LogP contribution in [0.1, 0.15) is 40.0 Å². The van der Waals surface area contributed by atoms with Crippen LogP contribution in [0.4, 0.5) is 5.69 Å². The molecule has 32 heavy (non-hydrogen) atoms. The van der Waals surface area contributed by atoms with Crippen LogP contribution in [0.15, 0.2) is 35.9 Å². The Labute approximate surface area is 190 Å². The number of methoxy groups -OCH3 is 2. The van der Waals surface area contributed by atoms with Gasteiger partial charge in [0.15, 0.2) is 0 Å². The molecule has 3 fully saturated rings. The predicted molar refractivity (Wildman–Crippen MR) is 121 cm³/mol. The molecule has 1 aliphatic carbocycles. The van der Waals surface area contributed by atoms with Crippen LogP contribution in [-0.4, -0.2) is 62.9 Å². The molecule has 1 saturated carbocycles. The molecule has 2 saturated heterocycles. The van der Waals surface area contributed by atoms with Crippen molar-refractivity contribution in [3.05, 3.63) is 35.9 Å². The van der Waals surface area contributed by atoms with Crippen molar-refractivity contribution in [3.63, 3.8) is 0 Å². The van der Waals surface area contributed by atoms with Crippen LogP contribution in [0.5, 0.6) is 5.75 Å². The van der Waals surface area contributed by atoms with Gasteiger partial charge in [-0.25, -0.2) is 0 Å². The third-order valence-corrected chi connectivity index (χ3v) is 7.05. The Balaban J connectivity index is 1.39. The number of allylic oxidation sites excluding steroid dienone is 1. The van der Waals surface area contributed by atoms with Crippen molar-refractivity contribution in [2.75, 3.05) is 32.7 Å². The highest BCUT2D eigenvalue weighted by Gasteiger charge is 2.72. The van der Waals surface area contributed by atoms with Gasteiger partial charge < -0.3 is 29.0 Å². The predicted octanol–water partition coefficient (Wildman–Crippen LogP) is 3.73. The Kier molecular flexibility index (Phi) is 6.52. The summed E-state index contributed by atoms with van der Waals surface area (Å²) >= 11 is 0. The smallest absolute Gasteiger partial charge is 0.325 e. The van der Waals surface area contributed by atoms with Crippen LogP contribution >= 0.6 is 0 Å². The topological polar surface area (TPSA) is 81.9 Å². The summed E-state index contributed by atoms with van der Waals surface area (Å²) in [5.74, 6) is 0.489. The second-order valence-electron chi connectivity index (χ2n) is 9.49. The van der Waals surface area contributed by atoms with Gasteiger partial charge in [-0.3, -0.25) is 4.79 Å². The van der Waals surface area contributed by atoms with Crippen LogP contribution in [0.25, 0.3) is 0 Å². The fourth-order valence-electron chi connectivity index (χ4n) is 5.16. The monoisotopic (exact) mass is 445 g/mol. The van der Waals surface area contributed by atoms with Gasteiger partial charge in [0.05, 0.1) is 25.7 Å². The van der Waals surface area contributed by atoms with E-state index in [1.807, 2.05) is 24.3 Å². The van der Waals surface area contributed by atoms with E-state index in [-0.39, 0.29) is 47.9 Å². The molecule has 1 N–H and O–H groups in total. The van der Waals surface area contributed by atoms with Gasteiger partial charge in [0.1, 0.15) is 35.7 Å². The normalized spacial score (nSPS) is 35.2. The second-order valence-corrected chi connectivity index (χ2v) is 9.49. The SMILES string of the molecule is COc1ccc(NCC(=O)O[C@@H]2CC[C@]3(CO3)[C@@H]([C@]3(C)O[C@@H]3CC=C(C)C)[C@@H]2OC)cc1. The molecule has 2 heterocycles. The van der Waals surface area contributed by atoms with Crippen molar-refractivity contribution in [3.8, 4) is 5.75 Å². The third kappa shape index (κ3) is 4.65. The number of hydrogen-bond donors (Lipinski definition) is 1. The molecule has 4 rings (SSSR count). The molecule has 176 valence electrons. The Morgan fingerprint density at radius 1 is 1.25 bits per heavy atom. The first-order valence-electron chi connectivity index (χ1n) is 11.4. The van der Waals surface area contributed by atoms with Crippen molar-refractivity contribution in [2.45, 2.75) is 69.5 Å². The molecule has 0 bridgehead atoms. The van der Waals surface area contributed by atoms with E-state index in [1.165, 1.54) is 5.57 Å². The third-order valence-electron chi connectivity index (χ3n) is 7.05. The summed E-state index contributed by atoms with van der Waals surface area (Å²) in [5.41, 5.74) is 1.55. The maximum atomic E-state index is 12.6. The van der Waals surface area contributed by atoms with Crippen molar-refractivity contribution in [1.29, 1.82) is 0 Å². The molecule has 1 aromatic carbocycles. The first kappa shape index (κ1) is 23.1. The Hall–Kier alpha value is -2.09. The summed E-state index contributed by atoms with van der Waals surface area (Å²) in [5, 5.41) is 3.11. The summed E-state index contributed by atoms with van der Waals surface area (Å²) in [6.45, 7) is 7.14. The summed E-state index contributed by atoms with van der Waals surface area (Å²) in [6, 6.07) is 7.42. The van der Waals surface area contributed by atoms with Gasteiger partial charge in [-0.1, -0.05) is 11.6 Å². The number of benzene rings is 1. The highest BCUT2D eigenvalue weighted by molar-refractivity contribution is 5.75. The molecule has 1 aromatic rings. The lowest BCUT2D eigenvalue weighted by molar-refractivity contribution is -0.170. The Morgan fingerprint density at radius 3 is 2.56 bits per heavy atom. The highest BCUT2D eigenvalue weighted by atomic mass is 16.6. The standard InChI is InChI=1S/C25H35NO6/c1-16(2)6-11-20-24(3,32-20)23-22(29-5)19(12-13-25(23)15-30-25)31-21(27)14-26-17-7-9-18(28-4)10-8-17/h6-10,19-20,22-23,26H,11-15H2,1-5H3/t19-,20-,22-,23-,24-,25+/m1/s1. The molecule has 0 amide bonds. The Morgan fingerprint density at radius 2 is 1.97 bits per heavy atom. The number of nitrogens with one attached hydrogen (secondary N) is 1. The van der Waals surface area contributed by atoms with Crippen LogP contribution in [0.2, 0.25) is 0 Å². The zero-order valence-corrected chi connectivity index (χ0v) is 19.7. The number of anilines is 1. The molecule has 6 atom stereocenters. The van der Waals surface area contributed by atoms with E-state index < -0.39 is 0 Å². The number of hydrogen-bond acceptors (Lipinski definition) is 7. The van der Waals surface area contributed by atoms with E-state index in [4.69, 9.17) is 23.7 Å². The number of carbonyl (C=O) groups is 1. The number of ether oxygens (including phenoxy) is 5. The molecule has 7 heteroatoms. The fourth-order valence-corrected chi connectivity index (χ4v) is 5.16. The lowest BCUT2D eigenvalue weighted by Crippen LogP contribution is -2.55. The lowest BCUT2D eigenvalue weighted by atomic mass is 9.68. The number of carbonyl (C=O) groups excluding carboxylic acids is 1. The minimum Gasteiger partial charge on any atom is -0.497 e.